The number of amides is 1. The molecule has 1 aromatic rings. The first-order valence-electron chi connectivity index (χ1n) is 10.2. The van der Waals surface area contributed by atoms with Crippen molar-refractivity contribution in [2.75, 3.05) is 46.3 Å². The fourth-order valence-electron chi connectivity index (χ4n) is 4.24. The third kappa shape index (κ3) is 4.32. The highest BCUT2D eigenvalue weighted by atomic mass is 16.2. The largest absolute Gasteiger partial charge is 0.348 e. The lowest BCUT2D eigenvalue weighted by Gasteiger charge is -2.42. The zero-order valence-corrected chi connectivity index (χ0v) is 17.2. The van der Waals surface area contributed by atoms with Crippen LogP contribution < -0.4 is 0 Å². The van der Waals surface area contributed by atoms with Crippen LogP contribution in [-0.4, -0.2) is 77.5 Å². The van der Waals surface area contributed by atoms with Gasteiger partial charge >= 0.3 is 0 Å². The number of carbonyl (C=O) groups excluding carboxylic acids is 1. The summed E-state index contributed by atoms with van der Waals surface area (Å²) >= 11 is 0. The topological polar surface area (TPSA) is 31.7 Å². The minimum absolute atomic E-state index is 0.0173. The summed E-state index contributed by atoms with van der Waals surface area (Å²) in [6.07, 6.45) is 6.27. The number of hydrogen-bond acceptors (Lipinski definition) is 3. The summed E-state index contributed by atoms with van der Waals surface area (Å²) in [6, 6.07) is 2.59. The van der Waals surface area contributed by atoms with Crippen LogP contribution in [0.1, 0.15) is 50.9 Å². The van der Waals surface area contributed by atoms with E-state index < -0.39 is 0 Å². The van der Waals surface area contributed by atoms with E-state index in [9.17, 15) is 4.79 Å². The first-order valence-corrected chi connectivity index (χ1v) is 10.2. The molecule has 3 heterocycles. The number of carbonyl (C=O) groups is 1. The van der Waals surface area contributed by atoms with Gasteiger partial charge in [0.05, 0.1) is 5.56 Å². The lowest BCUT2D eigenvalue weighted by molar-refractivity contribution is 0.0500. The maximum Gasteiger partial charge on any atom is 0.255 e. The summed E-state index contributed by atoms with van der Waals surface area (Å²) in [4.78, 5) is 20.0. The van der Waals surface area contributed by atoms with Crippen molar-refractivity contribution in [1.29, 1.82) is 0 Å². The van der Waals surface area contributed by atoms with Crippen molar-refractivity contribution in [3.05, 3.63) is 24.0 Å². The van der Waals surface area contributed by atoms with Gasteiger partial charge < -0.3 is 14.4 Å². The van der Waals surface area contributed by atoms with Crippen LogP contribution in [-0.2, 0) is 5.54 Å². The van der Waals surface area contributed by atoms with Crippen LogP contribution in [0.3, 0.4) is 0 Å². The monoisotopic (exact) mass is 360 g/mol. The van der Waals surface area contributed by atoms with Crippen molar-refractivity contribution in [2.24, 2.45) is 5.92 Å². The molecule has 0 radical (unpaired) electrons. The number of aromatic nitrogens is 1. The Morgan fingerprint density at radius 3 is 2.23 bits per heavy atom. The van der Waals surface area contributed by atoms with Crippen LogP contribution in [0.15, 0.2) is 18.5 Å². The Hall–Kier alpha value is -1.33. The summed E-state index contributed by atoms with van der Waals surface area (Å²) in [5, 5.41) is 0. The van der Waals surface area contributed by atoms with Crippen LogP contribution in [0, 0.1) is 5.92 Å². The van der Waals surface area contributed by atoms with Gasteiger partial charge in [-0.1, -0.05) is 0 Å². The molecular formula is C21H36N4O. The van der Waals surface area contributed by atoms with Gasteiger partial charge in [0, 0.05) is 63.2 Å². The van der Waals surface area contributed by atoms with Crippen molar-refractivity contribution in [1.82, 2.24) is 19.3 Å². The molecule has 2 saturated heterocycles. The smallest absolute Gasteiger partial charge is 0.255 e. The average Bonchev–Trinajstić information content (AvgIpc) is 3.12. The van der Waals surface area contributed by atoms with E-state index in [1.165, 1.54) is 26.2 Å². The first kappa shape index (κ1) is 19.4. The van der Waals surface area contributed by atoms with Crippen LogP contribution in [0.2, 0.25) is 0 Å². The standard InChI is InChI=1S/C21H36N4O/c1-17(23-14-12-22(5)13-15-23)18-6-9-24(10-7-18)20(26)19-8-11-25(16-19)21(2,3)4/h8,11,16-18H,6-7,9-10,12-15H2,1-5H3. The number of nitrogens with zero attached hydrogens (tertiary/aromatic N) is 4. The molecule has 5 heteroatoms. The maximum atomic E-state index is 12.9. The van der Waals surface area contributed by atoms with E-state index in [0.717, 1.165) is 31.5 Å². The van der Waals surface area contributed by atoms with Crippen LogP contribution in [0.25, 0.3) is 0 Å². The Labute approximate surface area is 158 Å². The minimum Gasteiger partial charge on any atom is -0.348 e. The van der Waals surface area contributed by atoms with E-state index in [1.54, 1.807) is 0 Å². The molecule has 2 aliphatic rings. The second-order valence-electron chi connectivity index (χ2n) is 9.19. The summed E-state index contributed by atoms with van der Waals surface area (Å²) in [7, 11) is 2.21. The minimum atomic E-state index is 0.0173. The lowest BCUT2D eigenvalue weighted by atomic mass is 9.89. The number of hydrogen-bond donors (Lipinski definition) is 0. The van der Waals surface area contributed by atoms with Crippen molar-refractivity contribution in [2.45, 2.75) is 52.1 Å². The van der Waals surface area contributed by atoms with E-state index in [1.807, 2.05) is 18.5 Å². The van der Waals surface area contributed by atoms with E-state index in [2.05, 4.69) is 54.0 Å². The Bertz CT molecular complexity index is 602. The Balaban J connectivity index is 1.53. The average molecular weight is 361 g/mol. The fourth-order valence-corrected chi connectivity index (χ4v) is 4.24. The number of likely N-dealkylation sites (N-methyl/N-ethyl adjacent to an activating group) is 1. The zero-order chi connectivity index (χ0) is 18.9. The Kier molecular flexibility index (Phi) is 5.78. The summed E-state index contributed by atoms with van der Waals surface area (Å²) < 4.78 is 2.13. The van der Waals surface area contributed by atoms with Crippen LogP contribution >= 0.6 is 0 Å². The van der Waals surface area contributed by atoms with E-state index >= 15 is 0 Å². The summed E-state index contributed by atoms with van der Waals surface area (Å²) in [5.74, 6) is 0.903. The first-order chi connectivity index (χ1) is 12.3. The number of piperidine rings is 1. The molecule has 0 aromatic carbocycles. The third-order valence-electron chi connectivity index (χ3n) is 6.34. The molecule has 2 aliphatic heterocycles. The van der Waals surface area contributed by atoms with Crippen molar-refractivity contribution < 1.29 is 4.79 Å². The van der Waals surface area contributed by atoms with Gasteiger partial charge in [-0.05, 0) is 59.6 Å². The molecule has 0 spiro atoms. The zero-order valence-electron chi connectivity index (χ0n) is 17.2. The molecular weight excluding hydrogens is 324 g/mol. The third-order valence-corrected chi connectivity index (χ3v) is 6.34. The van der Waals surface area contributed by atoms with Gasteiger partial charge in [-0.25, -0.2) is 0 Å². The SMILES string of the molecule is CC(C1CCN(C(=O)c2ccn(C(C)(C)C)c2)CC1)N1CCN(C)CC1. The Morgan fingerprint density at radius 1 is 1.08 bits per heavy atom. The fraction of sp³-hybridized carbons (Fsp3) is 0.762. The quantitative estimate of drug-likeness (QED) is 0.831. The van der Waals surface area contributed by atoms with Crippen molar-refractivity contribution in [3.8, 4) is 0 Å². The van der Waals surface area contributed by atoms with E-state index in [0.29, 0.717) is 12.0 Å². The van der Waals surface area contributed by atoms with E-state index in [4.69, 9.17) is 0 Å². The van der Waals surface area contributed by atoms with Gasteiger partial charge in [0.2, 0.25) is 0 Å². The predicted octanol–water partition coefficient (Wildman–Crippen LogP) is 2.73. The van der Waals surface area contributed by atoms with Gasteiger partial charge in [0.1, 0.15) is 0 Å². The molecule has 1 unspecified atom stereocenters. The van der Waals surface area contributed by atoms with Gasteiger partial charge in [-0.15, -0.1) is 0 Å². The normalized spacial score (nSPS) is 22.6. The molecule has 0 saturated carbocycles. The Morgan fingerprint density at radius 2 is 1.69 bits per heavy atom. The van der Waals surface area contributed by atoms with Gasteiger partial charge in [0.15, 0.2) is 0 Å². The van der Waals surface area contributed by atoms with Gasteiger partial charge in [-0.2, -0.15) is 0 Å². The second kappa shape index (κ2) is 7.73. The molecule has 0 bridgehead atoms. The summed E-state index contributed by atoms with van der Waals surface area (Å²) in [6.45, 7) is 15.3. The molecule has 1 atom stereocenters. The highest BCUT2D eigenvalue weighted by Gasteiger charge is 2.31. The number of likely N-dealkylation sites (tertiary alicyclic amines) is 1. The number of rotatable bonds is 3. The van der Waals surface area contributed by atoms with E-state index in [-0.39, 0.29) is 11.4 Å². The molecule has 0 aliphatic carbocycles. The highest BCUT2D eigenvalue weighted by Crippen LogP contribution is 2.26. The molecule has 146 valence electrons. The van der Waals surface area contributed by atoms with Gasteiger partial charge in [0.25, 0.3) is 5.91 Å². The lowest BCUT2D eigenvalue weighted by Crippen LogP contribution is -2.52. The maximum absolute atomic E-state index is 12.9. The molecule has 1 amide bonds. The molecule has 3 rings (SSSR count). The van der Waals surface area contributed by atoms with Crippen LogP contribution in [0.4, 0.5) is 0 Å². The molecule has 1 aromatic heterocycles. The summed E-state index contributed by atoms with van der Waals surface area (Å²) in [5.41, 5.74) is 0.842. The van der Waals surface area contributed by atoms with Gasteiger partial charge in [-0.3, -0.25) is 9.69 Å². The molecule has 0 N–H and O–H groups in total. The predicted molar refractivity (Wildman–Crippen MR) is 107 cm³/mol. The van der Waals surface area contributed by atoms with Crippen LogP contribution in [0.5, 0.6) is 0 Å². The second-order valence-corrected chi connectivity index (χ2v) is 9.19. The number of piperazine rings is 1. The molecule has 2 fully saturated rings. The molecule has 5 nitrogen and oxygen atoms in total. The molecule has 26 heavy (non-hydrogen) atoms. The highest BCUT2D eigenvalue weighted by molar-refractivity contribution is 5.94. The van der Waals surface area contributed by atoms with Crippen molar-refractivity contribution >= 4 is 5.91 Å². The van der Waals surface area contributed by atoms with Crippen molar-refractivity contribution in [3.63, 3.8) is 0 Å².